The van der Waals surface area contributed by atoms with Crippen LogP contribution < -0.4 is 15.0 Å². The van der Waals surface area contributed by atoms with E-state index in [4.69, 9.17) is 14.5 Å². The van der Waals surface area contributed by atoms with Crippen LogP contribution >= 0.6 is 23.1 Å². The zero-order valence-electron chi connectivity index (χ0n) is 18.0. The molecule has 1 aliphatic rings. The second-order valence-electron chi connectivity index (χ2n) is 7.67. The first kappa shape index (κ1) is 21.9. The van der Waals surface area contributed by atoms with Crippen LogP contribution in [0.3, 0.4) is 0 Å². The van der Waals surface area contributed by atoms with Crippen molar-refractivity contribution >= 4 is 39.1 Å². The number of rotatable bonds is 8. The minimum atomic E-state index is 0.0101. The fourth-order valence-electron chi connectivity index (χ4n) is 3.97. The van der Waals surface area contributed by atoms with Gasteiger partial charge in [-0.15, -0.1) is 11.3 Å². The number of Topliss-reactive ketones (excluding diaryl/α,β-unsaturated/α-hetero) is 1. The first-order chi connectivity index (χ1) is 15.0. The van der Waals surface area contributed by atoms with Crippen LogP contribution in [0.5, 0.6) is 11.5 Å². The Kier molecular flexibility index (Phi) is 6.67. The predicted octanol–water partition coefficient (Wildman–Crippen LogP) is 4.28. The van der Waals surface area contributed by atoms with Gasteiger partial charge in [0.2, 0.25) is 0 Å². The number of fused-ring (bicyclic) bond motifs is 3. The lowest BCUT2D eigenvalue weighted by Gasteiger charge is -2.14. The van der Waals surface area contributed by atoms with Crippen molar-refractivity contribution in [2.45, 2.75) is 50.7 Å². The molecule has 0 N–H and O–H groups in total. The lowest BCUT2D eigenvalue weighted by molar-refractivity contribution is -0.114. The summed E-state index contributed by atoms with van der Waals surface area (Å²) in [5.41, 5.74) is 2.24. The molecule has 0 fully saturated rings. The maximum atomic E-state index is 13.6. The van der Waals surface area contributed by atoms with E-state index in [1.54, 1.807) is 37.0 Å². The second kappa shape index (κ2) is 9.44. The molecule has 2 heterocycles. The molecule has 164 valence electrons. The molecular formula is C23H26N2O4S2. The van der Waals surface area contributed by atoms with E-state index in [1.165, 1.54) is 28.6 Å². The molecule has 2 aromatic heterocycles. The number of carbonyl (C=O) groups is 1. The highest BCUT2D eigenvalue weighted by Crippen LogP contribution is 2.35. The summed E-state index contributed by atoms with van der Waals surface area (Å²) in [5, 5.41) is 1.39. The van der Waals surface area contributed by atoms with Crippen molar-refractivity contribution < 1.29 is 14.3 Å². The minimum Gasteiger partial charge on any atom is -0.493 e. The van der Waals surface area contributed by atoms with E-state index in [2.05, 4.69) is 0 Å². The van der Waals surface area contributed by atoms with Crippen molar-refractivity contribution in [3.05, 3.63) is 44.6 Å². The number of hydrogen-bond donors (Lipinski definition) is 0. The summed E-state index contributed by atoms with van der Waals surface area (Å²) in [6.07, 6.45) is 4.90. The molecule has 3 aromatic rings. The second-order valence-corrected chi connectivity index (χ2v) is 9.70. The van der Waals surface area contributed by atoms with Gasteiger partial charge in [-0.1, -0.05) is 17.8 Å². The Labute approximate surface area is 189 Å². The fourth-order valence-corrected chi connectivity index (χ4v) is 6.10. The van der Waals surface area contributed by atoms with Crippen molar-refractivity contribution in [3.63, 3.8) is 0 Å². The average molecular weight is 459 g/mol. The number of ether oxygens (including phenoxy) is 2. The molecule has 8 heteroatoms. The van der Waals surface area contributed by atoms with Crippen molar-refractivity contribution in [1.82, 2.24) is 9.55 Å². The molecule has 0 amide bonds. The highest BCUT2D eigenvalue weighted by molar-refractivity contribution is 7.99. The molecule has 0 saturated heterocycles. The zero-order chi connectivity index (χ0) is 22.0. The predicted molar refractivity (Wildman–Crippen MR) is 125 cm³/mol. The summed E-state index contributed by atoms with van der Waals surface area (Å²) < 4.78 is 12.5. The summed E-state index contributed by atoms with van der Waals surface area (Å²) in [6, 6.07) is 5.79. The van der Waals surface area contributed by atoms with Gasteiger partial charge < -0.3 is 9.47 Å². The minimum absolute atomic E-state index is 0.0101. The molecule has 6 nitrogen and oxygen atoms in total. The van der Waals surface area contributed by atoms with Crippen LogP contribution in [0.25, 0.3) is 10.2 Å². The van der Waals surface area contributed by atoms with Gasteiger partial charge in [-0.25, -0.2) is 4.98 Å². The van der Waals surface area contributed by atoms with Crippen molar-refractivity contribution in [2.24, 2.45) is 0 Å². The first-order valence-electron chi connectivity index (χ1n) is 10.4. The highest BCUT2D eigenvalue weighted by Gasteiger charge is 2.22. The van der Waals surface area contributed by atoms with Crippen LogP contribution in [-0.4, -0.2) is 35.3 Å². The number of thiophene rings is 1. The number of thioether (sulfide) groups is 1. The van der Waals surface area contributed by atoms with Crippen molar-refractivity contribution in [2.75, 3.05) is 20.0 Å². The highest BCUT2D eigenvalue weighted by atomic mass is 32.2. The van der Waals surface area contributed by atoms with Crippen LogP contribution in [0, 0.1) is 0 Å². The Morgan fingerprint density at radius 1 is 1.19 bits per heavy atom. The number of hydrogen-bond acceptors (Lipinski definition) is 7. The van der Waals surface area contributed by atoms with Crippen molar-refractivity contribution in [1.29, 1.82) is 0 Å². The Bertz CT molecular complexity index is 1180. The molecule has 0 unspecified atom stereocenters. The van der Waals surface area contributed by atoms with E-state index >= 15 is 0 Å². The number of aryl methyl sites for hydroxylation is 3. The zero-order valence-corrected chi connectivity index (χ0v) is 19.7. The van der Waals surface area contributed by atoms with Crippen LogP contribution in [0.1, 0.15) is 35.8 Å². The Hall–Kier alpha value is -2.32. The van der Waals surface area contributed by atoms with E-state index in [0.29, 0.717) is 35.4 Å². The van der Waals surface area contributed by atoms with Gasteiger partial charge in [-0.3, -0.25) is 14.2 Å². The molecule has 0 radical (unpaired) electrons. The smallest absolute Gasteiger partial charge is 0.263 e. The van der Waals surface area contributed by atoms with Gasteiger partial charge in [-0.2, -0.15) is 0 Å². The molecule has 0 atom stereocenters. The molecule has 31 heavy (non-hydrogen) atoms. The van der Waals surface area contributed by atoms with E-state index in [1.807, 2.05) is 18.2 Å². The molecule has 0 bridgehead atoms. The first-order valence-corrected chi connectivity index (χ1v) is 12.2. The van der Waals surface area contributed by atoms with Crippen molar-refractivity contribution in [3.8, 4) is 11.5 Å². The molecule has 1 aromatic carbocycles. The van der Waals surface area contributed by atoms with Crippen LogP contribution in [0.4, 0.5) is 0 Å². The standard InChI is InChI=1S/C23H26N2O4S2/c1-14(26)13-30-23-24-21-20(16-6-4-5-7-19(16)31-21)22(27)25(23)11-10-15-8-9-17(28-2)18(12-15)29-3/h8-9,12H,4-7,10-11,13H2,1-3H3. The number of benzene rings is 1. The summed E-state index contributed by atoms with van der Waals surface area (Å²) in [6.45, 7) is 2.05. The van der Waals surface area contributed by atoms with Gasteiger partial charge in [0.25, 0.3) is 5.56 Å². The molecule has 1 aliphatic carbocycles. The van der Waals surface area contributed by atoms with Gasteiger partial charge in [0.05, 0.1) is 25.4 Å². The maximum absolute atomic E-state index is 13.6. The fraction of sp³-hybridized carbons (Fsp3) is 0.435. The van der Waals surface area contributed by atoms with Crippen LogP contribution in [0.15, 0.2) is 28.2 Å². The van der Waals surface area contributed by atoms with E-state index in [0.717, 1.165) is 35.0 Å². The molecule has 4 rings (SSSR count). The topological polar surface area (TPSA) is 70.4 Å². The van der Waals surface area contributed by atoms with Crippen LogP contribution in [0.2, 0.25) is 0 Å². The normalized spacial score (nSPS) is 13.3. The summed E-state index contributed by atoms with van der Waals surface area (Å²) in [5.74, 6) is 1.71. The summed E-state index contributed by atoms with van der Waals surface area (Å²) in [7, 11) is 3.22. The Balaban J connectivity index is 1.72. The SMILES string of the molecule is COc1ccc(CCn2c(SCC(C)=O)nc3sc4c(c3c2=O)CCCC4)cc1OC. The summed E-state index contributed by atoms with van der Waals surface area (Å²) in [4.78, 5) is 32.1. The molecular weight excluding hydrogens is 432 g/mol. The lowest BCUT2D eigenvalue weighted by Crippen LogP contribution is -2.25. The third-order valence-electron chi connectivity index (χ3n) is 5.52. The lowest BCUT2D eigenvalue weighted by atomic mass is 9.97. The molecule has 0 aliphatic heterocycles. The molecule has 0 saturated carbocycles. The number of methoxy groups -OCH3 is 2. The van der Waals surface area contributed by atoms with Gasteiger partial charge >= 0.3 is 0 Å². The van der Waals surface area contributed by atoms with Gasteiger partial charge in [0.1, 0.15) is 10.6 Å². The Morgan fingerprint density at radius 2 is 1.97 bits per heavy atom. The average Bonchev–Trinajstić information content (AvgIpc) is 3.15. The van der Waals surface area contributed by atoms with Crippen LogP contribution in [-0.2, 0) is 30.6 Å². The number of ketones is 1. The van der Waals surface area contributed by atoms with E-state index < -0.39 is 0 Å². The third kappa shape index (κ3) is 4.50. The Morgan fingerprint density at radius 3 is 2.71 bits per heavy atom. The third-order valence-corrected chi connectivity index (χ3v) is 7.82. The number of carbonyl (C=O) groups excluding carboxylic acids is 1. The maximum Gasteiger partial charge on any atom is 0.263 e. The van der Waals surface area contributed by atoms with E-state index in [9.17, 15) is 9.59 Å². The largest absolute Gasteiger partial charge is 0.493 e. The van der Waals surface area contributed by atoms with Gasteiger partial charge in [0, 0.05) is 11.4 Å². The summed E-state index contributed by atoms with van der Waals surface area (Å²) >= 11 is 2.98. The number of aromatic nitrogens is 2. The van der Waals surface area contributed by atoms with Gasteiger partial charge in [-0.05, 0) is 62.3 Å². The van der Waals surface area contributed by atoms with Gasteiger partial charge in [0.15, 0.2) is 16.7 Å². The monoisotopic (exact) mass is 458 g/mol. The number of nitrogens with zero attached hydrogens (tertiary/aromatic N) is 2. The molecule has 0 spiro atoms. The quantitative estimate of drug-likeness (QED) is 0.371. The van der Waals surface area contributed by atoms with E-state index in [-0.39, 0.29) is 11.3 Å².